The van der Waals surface area contributed by atoms with Crippen LogP contribution in [-0.2, 0) is 6.54 Å². The van der Waals surface area contributed by atoms with Crippen LogP contribution in [0.3, 0.4) is 0 Å². The summed E-state index contributed by atoms with van der Waals surface area (Å²) in [6.45, 7) is 6.28. The Labute approximate surface area is 120 Å². The first kappa shape index (κ1) is 14.6. The van der Waals surface area contributed by atoms with Gasteiger partial charge in [-0.2, -0.15) is 0 Å². The third kappa shape index (κ3) is 4.37. The molecule has 0 radical (unpaired) electrons. The van der Waals surface area contributed by atoms with Crippen molar-refractivity contribution in [1.82, 2.24) is 10.2 Å². The first-order valence-electron chi connectivity index (χ1n) is 7.09. The Morgan fingerprint density at radius 1 is 1.32 bits per heavy atom. The fourth-order valence-electron chi connectivity index (χ4n) is 2.59. The molecule has 4 heteroatoms. The third-order valence-electron chi connectivity index (χ3n) is 3.70. The van der Waals surface area contributed by atoms with Gasteiger partial charge in [-0.3, -0.25) is 0 Å². The molecular formula is C15H23ClN2O. The standard InChI is InChI=1S/C15H23ClN2O/c1-12(11-18-8-3-2-4-9-18)17-10-13-14(16)6-5-7-15(13)19/h5-7,12,17,19H,2-4,8-11H2,1H3. The molecule has 106 valence electrons. The minimum Gasteiger partial charge on any atom is -0.508 e. The van der Waals surface area contributed by atoms with Crippen LogP contribution in [0.15, 0.2) is 18.2 Å². The zero-order valence-electron chi connectivity index (χ0n) is 11.5. The van der Waals surface area contributed by atoms with Crippen molar-refractivity contribution in [3.63, 3.8) is 0 Å². The average Bonchev–Trinajstić information content (AvgIpc) is 2.39. The lowest BCUT2D eigenvalue weighted by molar-refractivity contribution is 0.208. The number of nitrogens with one attached hydrogen (secondary N) is 1. The fourth-order valence-corrected chi connectivity index (χ4v) is 2.83. The van der Waals surface area contributed by atoms with E-state index in [1.165, 1.54) is 32.4 Å². The van der Waals surface area contributed by atoms with Gasteiger partial charge >= 0.3 is 0 Å². The predicted octanol–water partition coefficient (Wildman–Crippen LogP) is 3.01. The van der Waals surface area contributed by atoms with E-state index in [1.807, 2.05) is 6.07 Å². The molecule has 1 unspecified atom stereocenters. The van der Waals surface area contributed by atoms with Crippen LogP contribution in [-0.4, -0.2) is 35.7 Å². The van der Waals surface area contributed by atoms with E-state index < -0.39 is 0 Å². The van der Waals surface area contributed by atoms with Crippen molar-refractivity contribution in [1.29, 1.82) is 0 Å². The lowest BCUT2D eigenvalue weighted by Crippen LogP contribution is -2.41. The molecule has 1 heterocycles. The number of hydrogen-bond donors (Lipinski definition) is 2. The number of piperidine rings is 1. The largest absolute Gasteiger partial charge is 0.508 e. The van der Waals surface area contributed by atoms with Crippen molar-refractivity contribution in [3.05, 3.63) is 28.8 Å². The molecule has 0 aliphatic carbocycles. The molecule has 1 saturated heterocycles. The number of aromatic hydroxyl groups is 1. The van der Waals surface area contributed by atoms with E-state index >= 15 is 0 Å². The highest BCUT2D eigenvalue weighted by Gasteiger charge is 2.14. The van der Waals surface area contributed by atoms with Crippen molar-refractivity contribution in [2.75, 3.05) is 19.6 Å². The number of nitrogens with zero attached hydrogens (tertiary/aromatic N) is 1. The number of halogens is 1. The molecule has 1 atom stereocenters. The SMILES string of the molecule is CC(CN1CCCCC1)NCc1c(O)cccc1Cl. The molecule has 1 aromatic rings. The molecule has 19 heavy (non-hydrogen) atoms. The molecule has 0 spiro atoms. The van der Waals surface area contributed by atoms with Gasteiger partial charge in [0.15, 0.2) is 0 Å². The van der Waals surface area contributed by atoms with Gasteiger partial charge in [0.2, 0.25) is 0 Å². The normalized spacial score (nSPS) is 18.4. The zero-order valence-corrected chi connectivity index (χ0v) is 12.3. The summed E-state index contributed by atoms with van der Waals surface area (Å²) in [7, 11) is 0. The predicted molar refractivity (Wildman–Crippen MR) is 79.7 cm³/mol. The minimum absolute atomic E-state index is 0.269. The molecule has 2 rings (SSSR count). The van der Waals surface area contributed by atoms with Gasteiger partial charge in [-0.15, -0.1) is 0 Å². The van der Waals surface area contributed by atoms with Gasteiger partial charge in [0.1, 0.15) is 5.75 Å². The maximum absolute atomic E-state index is 9.79. The van der Waals surface area contributed by atoms with E-state index in [0.29, 0.717) is 17.6 Å². The second-order valence-corrected chi connectivity index (χ2v) is 5.79. The van der Waals surface area contributed by atoms with Gasteiger partial charge in [-0.25, -0.2) is 0 Å². The topological polar surface area (TPSA) is 35.5 Å². The zero-order chi connectivity index (χ0) is 13.7. The first-order valence-corrected chi connectivity index (χ1v) is 7.46. The van der Waals surface area contributed by atoms with Crippen LogP contribution in [0.4, 0.5) is 0 Å². The van der Waals surface area contributed by atoms with E-state index in [1.54, 1.807) is 12.1 Å². The van der Waals surface area contributed by atoms with Gasteiger partial charge in [-0.05, 0) is 45.0 Å². The summed E-state index contributed by atoms with van der Waals surface area (Å²) >= 11 is 6.09. The smallest absolute Gasteiger partial charge is 0.121 e. The molecule has 1 aliphatic rings. The van der Waals surface area contributed by atoms with Crippen molar-refractivity contribution < 1.29 is 5.11 Å². The Bertz CT molecular complexity index is 385. The van der Waals surface area contributed by atoms with Crippen LogP contribution in [0.25, 0.3) is 0 Å². The maximum atomic E-state index is 9.79. The molecule has 0 saturated carbocycles. The van der Waals surface area contributed by atoms with E-state index in [2.05, 4.69) is 17.1 Å². The number of phenols is 1. The molecule has 2 N–H and O–H groups in total. The Morgan fingerprint density at radius 3 is 2.74 bits per heavy atom. The van der Waals surface area contributed by atoms with Crippen molar-refractivity contribution >= 4 is 11.6 Å². The third-order valence-corrected chi connectivity index (χ3v) is 4.06. The molecule has 1 aromatic carbocycles. The Kier molecular flexibility index (Phi) is 5.49. The van der Waals surface area contributed by atoms with Crippen LogP contribution in [0.2, 0.25) is 5.02 Å². The molecular weight excluding hydrogens is 260 g/mol. The quantitative estimate of drug-likeness (QED) is 0.871. The molecule has 1 fully saturated rings. The summed E-state index contributed by atoms with van der Waals surface area (Å²) < 4.78 is 0. The monoisotopic (exact) mass is 282 g/mol. The summed E-state index contributed by atoms with van der Waals surface area (Å²) in [4.78, 5) is 2.51. The van der Waals surface area contributed by atoms with Crippen LogP contribution >= 0.6 is 11.6 Å². The highest BCUT2D eigenvalue weighted by molar-refractivity contribution is 6.31. The average molecular weight is 283 g/mol. The van der Waals surface area contributed by atoms with E-state index in [4.69, 9.17) is 11.6 Å². The van der Waals surface area contributed by atoms with Crippen LogP contribution in [0.1, 0.15) is 31.7 Å². The second-order valence-electron chi connectivity index (χ2n) is 5.38. The number of phenolic OH excluding ortho intramolecular Hbond substituents is 1. The summed E-state index contributed by atoms with van der Waals surface area (Å²) in [5.74, 6) is 0.269. The van der Waals surface area contributed by atoms with Crippen LogP contribution in [0, 0.1) is 0 Å². The number of likely N-dealkylation sites (tertiary alicyclic amines) is 1. The Balaban J connectivity index is 1.81. The first-order chi connectivity index (χ1) is 9.16. The summed E-state index contributed by atoms with van der Waals surface area (Å²) in [5.41, 5.74) is 0.787. The Morgan fingerprint density at radius 2 is 2.05 bits per heavy atom. The Hall–Kier alpha value is -0.770. The molecule has 3 nitrogen and oxygen atoms in total. The molecule has 0 aromatic heterocycles. The minimum atomic E-state index is 0.269. The lowest BCUT2D eigenvalue weighted by atomic mass is 10.1. The fraction of sp³-hybridized carbons (Fsp3) is 0.600. The van der Waals surface area contributed by atoms with Crippen LogP contribution in [0.5, 0.6) is 5.75 Å². The summed E-state index contributed by atoms with van der Waals surface area (Å²) in [6, 6.07) is 5.65. The van der Waals surface area contributed by atoms with Crippen LogP contribution < -0.4 is 5.32 Å². The van der Waals surface area contributed by atoms with E-state index in [9.17, 15) is 5.11 Å². The van der Waals surface area contributed by atoms with Gasteiger partial charge < -0.3 is 15.3 Å². The number of hydrogen-bond acceptors (Lipinski definition) is 3. The van der Waals surface area contributed by atoms with Crippen molar-refractivity contribution in [3.8, 4) is 5.75 Å². The van der Waals surface area contributed by atoms with Gasteiger partial charge in [-0.1, -0.05) is 24.1 Å². The second kappa shape index (κ2) is 7.13. The highest BCUT2D eigenvalue weighted by atomic mass is 35.5. The summed E-state index contributed by atoms with van der Waals surface area (Å²) in [5, 5.41) is 13.9. The van der Waals surface area contributed by atoms with Crippen molar-refractivity contribution in [2.45, 2.75) is 38.8 Å². The number of benzene rings is 1. The molecule has 0 amide bonds. The maximum Gasteiger partial charge on any atom is 0.121 e. The summed E-state index contributed by atoms with van der Waals surface area (Å²) in [6.07, 6.45) is 4.00. The van der Waals surface area contributed by atoms with Gasteiger partial charge in [0, 0.05) is 29.7 Å². The van der Waals surface area contributed by atoms with Gasteiger partial charge in [0.25, 0.3) is 0 Å². The van der Waals surface area contributed by atoms with Gasteiger partial charge in [0.05, 0.1) is 0 Å². The van der Waals surface area contributed by atoms with E-state index in [-0.39, 0.29) is 5.75 Å². The highest BCUT2D eigenvalue weighted by Crippen LogP contribution is 2.24. The van der Waals surface area contributed by atoms with E-state index in [0.717, 1.165) is 12.1 Å². The lowest BCUT2D eigenvalue weighted by Gasteiger charge is -2.29. The van der Waals surface area contributed by atoms with Crippen molar-refractivity contribution in [2.24, 2.45) is 0 Å². The molecule has 1 aliphatic heterocycles. The molecule has 0 bridgehead atoms. The number of rotatable bonds is 5.